The van der Waals surface area contributed by atoms with Crippen LogP contribution in [0.1, 0.15) is 0 Å². The van der Waals surface area contributed by atoms with Crippen LogP contribution in [0.3, 0.4) is 0 Å². The van der Waals surface area contributed by atoms with Crippen molar-refractivity contribution in [2.24, 2.45) is 0 Å². The SMILES string of the molecule is N#CCN1CCOC1. The van der Waals surface area contributed by atoms with Gasteiger partial charge in [0.25, 0.3) is 0 Å². The Hall–Kier alpha value is -0.590. The maximum atomic E-state index is 8.18. The van der Waals surface area contributed by atoms with E-state index in [1.807, 2.05) is 4.90 Å². The second kappa shape index (κ2) is 2.65. The first-order valence-electron chi connectivity index (χ1n) is 2.60. The van der Waals surface area contributed by atoms with Gasteiger partial charge in [0.2, 0.25) is 0 Å². The lowest BCUT2D eigenvalue weighted by Gasteiger charge is -2.03. The van der Waals surface area contributed by atoms with Gasteiger partial charge in [-0.25, -0.2) is 0 Å². The van der Waals surface area contributed by atoms with Gasteiger partial charge >= 0.3 is 0 Å². The standard InChI is InChI=1S/C5H8N2O/c6-1-2-7-3-4-8-5-7/h2-5H2. The van der Waals surface area contributed by atoms with Crippen LogP contribution in [-0.4, -0.2) is 31.3 Å². The smallest absolute Gasteiger partial charge is 0.1000 e. The molecule has 0 radical (unpaired) electrons. The second-order valence-corrected chi connectivity index (χ2v) is 1.75. The second-order valence-electron chi connectivity index (χ2n) is 1.75. The van der Waals surface area contributed by atoms with Crippen LogP contribution in [0.5, 0.6) is 0 Å². The summed E-state index contributed by atoms with van der Waals surface area (Å²) in [7, 11) is 0. The zero-order valence-electron chi connectivity index (χ0n) is 4.63. The van der Waals surface area contributed by atoms with Crippen molar-refractivity contribution in [2.45, 2.75) is 0 Å². The molecule has 0 spiro atoms. The molecule has 0 bridgehead atoms. The summed E-state index contributed by atoms with van der Waals surface area (Å²) in [6.45, 7) is 2.82. The molecule has 0 atom stereocenters. The van der Waals surface area contributed by atoms with Gasteiger partial charge in [0.15, 0.2) is 0 Å². The minimum absolute atomic E-state index is 0.500. The van der Waals surface area contributed by atoms with Crippen molar-refractivity contribution in [2.75, 3.05) is 26.4 Å². The summed E-state index contributed by atoms with van der Waals surface area (Å²) < 4.78 is 4.98. The van der Waals surface area contributed by atoms with Crippen LogP contribution in [0, 0.1) is 11.3 Å². The number of nitriles is 1. The molecule has 0 aromatic heterocycles. The van der Waals surface area contributed by atoms with Gasteiger partial charge in [-0.05, 0) is 0 Å². The third kappa shape index (κ3) is 1.19. The summed E-state index contributed by atoms with van der Waals surface area (Å²) >= 11 is 0. The highest BCUT2D eigenvalue weighted by Crippen LogP contribution is 1.95. The van der Waals surface area contributed by atoms with Gasteiger partial charge in [0.05, 0.1) is 26.0 Å². The minimum Gasteiger partial charge on any atom is -0.365 e. The highest BCUT2D eigenvalue weighted by atomic mass is 16.5. The molecule has 3 heteroatoms. The molecule has 0 amide bonds. The molecule has 8 heavy (non-hydrogen) atoms. The lowest BCUT2D eigenvalue weighted by atomic mass is 10.6. The largest absolute Gasteiger partial charge is 0.365 e. The molecule has 1 aliphatic rings. The van der Waals surface area contributed by atoms with Gasteiger partial charge < -0.3 is 4.74 Å². The van der Waals surface area contributed by atoms with Gasteiger partial charge in [-0.3, -0.25) is 4.90 Å². The molecule has 1 heterocycles. The first-order chi connectivity index (χ1) is 3.93. The summed E-state index contributed by atoms with van der Waals surface area (Å²) in [4.78, 5) is 1.96. The van der Waals surface area contributed by atoms with E-state index in [4.69, 9.17) is 10.00 Å². The Kier molecular flexibility index (Phi) is 1.84. The normalized spacial score (nSPS) is 20.9. The number of hydrogen-bond acceptors (Lipinski definition) is 3. The Morgan fingerprint density at radius 3 is 3.12 bits per heavy atom. The van der Waals surface area contributed by atoms with Gasteiger partial charge in [0, 0.05) is 6.54 Å². The van der Waals surface area contributed by atoms with E-state index in [-0.39, 0.29) is 0 Å². The average molecular weight is 112 g/mol. The van der Waals surface area contributed by atoms with Crippen molar-refractivity contribution in [3.8, 4) is 6.07 Å². The Labute approximate surface area is 48.5 Å². The molecular formula is C5H8N2O. The summed E-state index contributed by atoms with van der Waals surface area (Å²) in [5.74, 6) is 0. The fraction of sp³-hybridized carbons (Fsp3) is 0.800. The first-order valence-corrected chi connectivity index (χ1v) is 2.60. The Bertz CT molecular complexity index is 101. The van der Waals surface area contributed by atoms with Crippen LogP contribution in [0.4, 0.5) is 0 Å². The van der Waals surface area contributed by atoms with E-state index in [0.717, 1.165) is 13.2 Å². The van der Waals surface area contributed by atoms with E-state index in [0.29, 0.717) is 13.3 Å². The number of nitrogens with zero attached hydrogens (tertiary/aromatic N) is 2. The highest BCUT2D eigenvalue weighted by molar-refractivity contribution is 4.76. The van der Waals surface area contributed by atoms with Crippen LogP contribution in [-0.2, 0) is 4.74 Å². The molecule has 0 aromatic rings. The maximum Gasteiger partial charge on any atom is 0.1000 e. The molecule has 0 unspecified atom stereocenters. The molecule has 44 valence electrons. The minimum atomic E-state index is 0.500. The number of rotatable bonds is 1. The molecule has 1 aliphatic heterocycles. The third-order valence-corrected chi connectivity index (χ3v) is 1.12. The molecule has 0 aliphatic carbocycles. The quantitative estimate of drug-likeness (QED) is 0.441. The Morgan fingerprint density at radius 1 is 1.75 bits per heavy atom. The Balaban J connectivity index is 2.17. The van der Waals surface area contributed by atoms with Crippen molar-refractivity contribution in [3.63, 3.8) is 0 Å². The van der Waals surface area contributed by atoms with Gasteiger partial charge in [0.1, 0.15) is 0 Å². The molecule has 0 N–H and O–H groups in total. The monoisotopic (exact) mass is 112 g/mol. The average Bonchev–Trinajstić information content (AvgIpc) is 2.19. The third-order valence-electron chi connectivity index (χ3n) is 1.12. The number of ether oxygens (including phenoxy) is 1. The van der Waals surface area contributed by atoms with E-state index in [9.17, 15) is 0 Å². The first kappa shape index (κ1) is 5.54. The lowest BCUT2D eigenvalue weighted by molar-refractivity contribution is 0.148. The molecule has 1 fully saturated rings. The molecule has 0 aromatic carbocycles. The van der Waals surface area contributed by atoms with Crippen molar-refractivity contribution in [1.29, 1.82) is 5.26 Å². The summed E-state index contributed by atoms with van der Waals surface area (Å²) in [5.41, 5.74) is 0. The predicted octanol–water partition coefficient (Wildman–Crippen LogP) is -0.200. The zero-order valence-corrected chi connectivity index (χ0v) is 4.63. The van der Waals surface area contributed by atoms with E-state index in [2.05, 4.69) is 6.07 Å². The van der Waals surface area contributed by atoms with Crippen LogP contribution < -0.4 is 0 Å². The fourth-order valence-electron chi connectivity index (χ4n) is 0.677. The van der Waals surface area contributed by atoms with Gasteiger partial charge in [-0.2, -0.15) is 5.26 Å². The van der Waals surface area contributed by atoms with E-state index >= 15 is 0 Å². The topological polar surface area (TPSA) is 36.3 Å². The van der Waals surface area contributed by atoms with Crippen LogP contribution in [0.25, 0.3) is 0 Å². The molecule has 1 saturated heterocycles. The van der Waals surface area contributed by atoms with Gasteiger partial charge in [-0.1, -0.05) is 0 Å². The molecule has 1 rings (SSSR count). The van der Waals surface area contributed by atoms with Crippen LogP contribution in [0.15, 0.2) is 0 Å². The van der Waals surface area contributed by atoms with Crippen molar-refractivity contribution < 1.29 is 4.74 Å². The number of hydrogen-bond donors (Lipinski definition) is 0. The summed E-state index contributed by atoms with van der Waals surface area (Å²) in [6, 6.07) is 2.06. The van der Waals surface area contributed by atoms with Crippen molar-refractivity contribution in [3.05, 3.63) is 0 Å². The molecule has 3 nitrogen and oxygen atoms in total. The van der Waals surface area contributed by atoms with Crippen LogP contribution >= 0.6 is 0 Å². The van der Waals surface area contributed by atoms with E-state index in [1.54, 1.807) is 0 Å². The van der Waals surface area contributed by atoms with Gasteiger partial charge in [-0.15, -0.1) is 0 Å². The highest BCUT2D eigenvalue weighted by Gasteiger charge is 2.09. The molecular weight excluding hydrogens is 104 g/mol. The van der Waals surface area contributed by atoms with E-state index in [1.165, 1.54) is 0 Å². The fourth-order valence-corrected chi connectivity index (χ4v) is 0.677. The van der Waals surface area contributed by atoms with Crippen molar-refractivity contribution in [1.82, 2.24) is 4.90 Å². The lowest BCUT2D eigenvalue weighted by Crippen LogP contribution is -2.19. The zero-order chi connectivity index (χ0) is 5.82. The summed E-state index contributed by atoms with van der Waals surface area (Å²) in [5, 5.41) is 8.18. The van der Waals surface area contributed by atoms with Crippen LogP contribution in [0.2, 0.25) is 0 Å². The van der Waals surface area contributed by atoms with E-state index < -0.39 is 0 Å². The molecule has 0 saturated carbocycles. The maximum absolute atomic E-state index is 8.18. The predicted molar refractivity (Wildman–Crippen MR) is 28.0 cm³/mol. The van der Waals surface area contributed by atoms with Crippen molar-refractivity contribution >= 4 is 0 Å². The Morgan fingerprint density at radius 2 is 2.62 bits per heavy atom. The summed E-state index contributed by atoms with van der Waals surface area (Å²) in [6.07, 6.45) is 0.